The van der Waals surface area contributed by atoms with Crippen molar-refractivity contribution in [2.75, 3.05) is 7.05 Å². The third-order valence-electron chi connectivity index (χ3n) is 3.46. The molecule has 2 aromatic carbocycles. The standard InChI is InChI=1S/C16H20N2O/c1-16(2,17-3)15(19)18-11-12-8-9-13-6-4-5-7-14(13)10-12/h4-10,17H,11H2,1-3H3,(H,18,19). The van der Waals surface area contributed by atoms with Crippen LogP contribution < -0.4 is 10.6 Å². The predicted octanol–water partition coefficient (Wildman–Crippen LogP) is 2.45. The van der Waals surface area contributed by atoms with Crippen LogP contribution in [0.3, 0.4) is 0 Å². The summed E-state index contributed by atoms with van der Waals surface area (Å²) in [6.45, 7) is 4.28. The van der Waals surface area contributed by atoms with Crippen LogP contribution in [0.25, 0.3) is 10.8 Å². The summed E-state index contributed by atoms with van der Waals surface area (Å²) >= 11 is 0. The molecule has 2 aromatic rings. The molecule has 3 nitrogen and oxygen atoms in total. The minimum atomic E-state index is -0.545. The normalized spacial score (nSPS) is 11.5. The zero-order valence-corrected chi connectivity index (χ0v) is 11.7. The van der Waals surface area contributed by atoms with Gasteiger partial charge in [0.15, 0.2) is 0 Å². The van der Waals surface area contributed by atoms with Crippen LogP contribution in [-0.4, -0.2) is 18.5 Å². The van der Waals surface area contributed by atoms with E-state index in [1.54, 1.807) is 7.05 Å². The fourth-order valence-electron chi connectivity index (χ4n) is 1.87. The van der Waals surface area contributed by atoms with Gasteiger partial charge >= 0.3 is 0 Å². The van der Waals surface area contributed by atoms with Gasteiger partial charge in [0.2, 0.25) is 5.91 Å². The highest BCUT2D eigenvalue weighted by Gasteiger charge is 2.24. The van der Waals surface area contributed by atoms with Crippen molar-refractivity contribution < 1.29 is 4.79 Å². The summed E-state index contributed by atoms with van der Waals surface area (Å²) in [6, 6.07) is 14.5. The monoisotopic (exact) mass is 256 g/mol. The lowest BCUT2D eigenvalue weighted by Crippen LogP contribution is -2.50. The number of hydrogen-bond acceptors (Lipinski definition) is 2. The Labute approximate surface area is 114 Å². The SMILES string of the molecule is CNC(C)(C)C(=O)NCc1ccc2ccccc2c1. The molecule has 0 spiro atoms. The van der Waals surface area contributed by atoms with E-state index in [1.807, 2.05) is 26.0 Å². The quantitative estimate of drug-likeness (QED) is 0.882. The molecular formula is C16H20N2O. The van der Waals surface area contributed by atoms with Crippen LogP contribution in [-0.2, 0) is 11.3 Å². The maximum absolute atomic E-state index is 12.0. The average molecular weight is 256 g/mol. The fraction of sp³-hybridized carbons (Fsp3) is 0.312. The Bertz CT molecular complexity index is 590. The molecular weight excluding hydrogens is 236 g/mol. The summed E-state index contributed by atoms with van der Waals surface area (Å²) in [6.07, 6.45) is 0. The Morgan fingerprint density at radius 1 is 1.11 bits per heavy atom. The first-order valence-electron chi connectivity index (χ1n) is 6.48. The van der Waals surface area contributed by atoms with E-state index in [2.05, 4.69) is 41.0 Å². The first-order valence-corrected chi connectivity index (χ1v) is 6.48. The van der Waals surface area contributed by atoms with E-state index in [-0.39, 0.29) is 5.91 Å². The van der Waals surface area contributed by atoms with E-state index in [0.717, 1.165) is 5.56 Å². The summed E-state index contributed by atoms with van der Waals surface area (Å²) in [4.78, 5) is 12.0. The number of amides is 1. The maximum atomic E-state index is 12.0. The number of benzene rings is 2. The third-order valence-corrected chi connectivity index (χ3v) is 3.46. The van der Waals surface area contributed by atoms with Crippen LogP contribution in [0.2, 0.25) is 0 Å². The van der Waals surface area contributed by atoms with Gasteiger partial charge in [0.05, 0.1) is 5.54 Å². The Kier molecular flexibility index (Phi) is 3.86. The molecule has 0 saturated carbocycles. The molecule has 2 rings (SSSR count). The van der Waals surface area contributed by atoms with E-state index < -0.39 is 5.54 Å². The largest absolute Gasteiger partial charge is 0.350 e. The number of likely N-dealkylation sites (N-methyl/N-ethyl adjacent to an activating group) is 1. The topological polar surface area (TPSA) is 41.1 Å². The van der Waals surface area contributed by atoms with Crippen LogP contribution in [0.1, 0.15) is 19.4 Å². The molecule has 0 heterocycles. The van der Waals surface area contributed by atoms with Crippen molar-refractivity contribution in [3.8, 4) is 0 Å². The van der Waals surface area contributed by atoms with E-state index in [4.69, 9.17) is 0 Å². The highest BCUT2D eigenvalue weighted by atomic mass is 16.2. The van der Waals surface area contributed by atoms with Crippen LogP contribution in [0.5, 0.6) is 0 Å². The summed E-state index contributed by atoms with van der Waals surface area (Å²) in [7, 11) is 1.79. The second-order valence-electron chi connectivity index (χ2n) is 5.24. The molecule has 0 atom stereocenters. The highest BCUT2D eigenvalue weighted by Crippen LogP contribution is 2.15. The van der Waals surface area contributed by atoms with Gasteiger partial charge in [-0.25, -0.2) is 0 Å². The molecule has 0 saturated heterocycles. The number of hydrogen-bond donors (Lipinski definition) is 2. The van der Waals surface area contributed by atoms with Gasteiger partial charge in [-0.05, 0) is 43.3 Å². The van der Waals surface area contributed by atoms with Gasteiger partial charge in [0.25, 0.3) is 0 Å². The molecule has 3 heteroatoms. The number of rotatable bonds is 4. The van der Waals surface area contributed by atoms with Gasteiger partial charge in [0.1, 0.15) is 0 Å². The number of carbonyl (C=O) groups excluding carboxylic acids is 1. The van der Waals surface area contributed by atoms with E-state index in [0.29, 0.717) is 6.54 Å². The van der Waals surface area contributed by atoms with Gasteiger partial charge in [-0.1, -0.05) is 36.4 Å². The molecule has 0 radical (unpaired) electrons. The molecule has 0 unspecified atom stereocenters. The van der Waals surface area contributed by atoms with Gasteiger partial charge in [-0.3, -0.25) is 4.79 Å². The summed E-state index contributed by atoms with van der Waals surface area (Å²) in [5.41, 5.74) is 0.565. The predicted molar refractivity (Wildman–Crippen MR) is 78.9 cm³/mol. The van der Waals surface area contributed by atoms with Crippen LogP contribution in [0, 0.1) is 0 Å². The van der Waals surface area contributed by atoms with Crippen molar-refractivity contribution in [1.82, 2.24) is 10.6 Å². The van der Waals surface area contributed by atoms with Crippen LogP contribution >= 0.6 is 0 Å². The second-order valence-corrected chi connectivity index (χ2v) is 5.24. The van der Waals surface area contributed by atoms with Crippen molar-refractivity contribution in [3.05, 3.63) is 48.0 Å². The van der Waals surface area contributed by atoms with Gasteiger partial charge in [-0.2, -0.15) is 0 Å². The molecule has 0 aliphatic rings. The first-order chi connectivity index (χ1) is 9.03. The number of nitrogens with one attached hydrogen (secondary N) is 2. The highest BCUT2D eigenvalue weighted by molar-refractivity contribution is 5.86. The Hall–Kier alpha value is -1.87. The molecule has 0 aliphatic carbocycles. The number of carbonyl (C=O) groups is 1. The smallest absolute Gasteiger partial charge is 0.239 e. The molecule has 1 amide bonds. The zero-order valence-electron chi connectivity index (χ0n) is 11.7. The zero-order chi connectivity index (χ0) is 13.9. The molecule has 2 N–H and O–H groups in total. The van der Waals surface area contributed by atoms with Crippen molar-refractivity contribution in [1.29, 1.82) is 0 Å². The maximum Gasteiger partial charge on any atom is 0.239 e. The average Bonchev–Trinajstić information content (AvgIpc) is 2.44. The first kappa shape index (κ1) is 13.6. The molecule has 0 aliphatic heterocycles. The van der Waals surface area contributed by atoms with Gasteiger partial charge in [0, 0.05) is 6.54 Å². The Morgan fingerprint density at radius 3 is 2.47 bits per heavy atom. The summed E-state index contributed by atoms with van der Waals surface area (Å²) in [5.74, 6) is 0.00292. The lowest BCUT2D eigenvalue weighted by molar-refractivity contribution is -0.126. The van der Waals surface area contributed by atoms with E-state index in [1.165, 1.54) is 10.8 Å². The molecule has 0 aromatic heterocycles. The summed E-state index contributed by atoms with van der Waals surface area (Å²) in [5, 5.41) is 8.36. The third kappa shape index (κ3) is 3.12. The molecule has 19 heavy (non-hydrogen) atoms. The minimum Gasteiger partial charge on any atom is -0.350 e. The van der Waals surface area contributed by atoms with Crippen LogP contribution in [0.15, 0.2) is 42.5 Å². The van der Waals surface area contributed by atoms with Gasteiger partial charge < -0.3 is 10.6 Å². The lowest BCUT2D eigenvalue weighted by Gasteiger charge is -2.22. The van der Waals surface area contributed by atoms with Crippen molar-refractivity contribution in [3.63, 3.8) is 0 Å². The van der Waals surface area contributed by atoms with Crippen molar-refractivity contribution in [2.24, 2.45) is 0 Å². The molecule has 0 fully saturated rings. The van der Waals surface area contributed by atoms with Crippen molar-refractivity contribution >= 4 is 16.7 Å². The van der Waals surface area contributed by atoms with Gasteiger partial charge in [-0.15, -0.1) is 0 Å². The van der Waals surface area contributed by atoms with Crippen LogP contribution in [0.4, 0.5) is 0 Å². The second kappa shape index (κ2) is 5.41. The van der Waals surface area contributed by atoms with E-state index in [9.17, 15) is 4.79 Å². The van der Waals surface area contributed by atoms with Crippen molar-refractivity contribution in [2.45, 2.75) is 25.9 Å². The minimum absolute atomic E-state index is 0.00292. The lowest BCUT2D eigenvalue weighted by atomic mass is 10.0. The molecule has 0 bridgehead atoms. The molecule has 100 valence electrons. The Morgan fingerprint density at radius 2 is 1.79 bits per heavy atom. The Balaban J connectivity index is 2.08. The summed E-state index contributed by atoms with van der Waals surface area (Å²) < 4.78 is 0. The fourth-order valence-corrected chi connectivity index (χ4v) is 1.87. The number of fused-ring (bicyclic) bond motifs is 1. The van der Waals surface area contributed by atoms with E-state index >= 15 is 0 Å².